The number of fused-ring (bicyclic) bond motifs is 1. The summed E-state index contributed by atoms with van der Waals surface area (Å²) in [4.78, 5) is 4.65. The molecule has 98 valence electrons. The van der Waals surface area contributed by atoms with Crippen molar-refractivity contribution < 1.29 is 4.42 Å². The van der Waals surface area contributed by atoms with Gasteiger partial charge in [-0.3, -0.25) is 0 Å². The molecule has 2 aromatic heterocycles. The fraction of sp³-hybridized carbons (Fsp3) is 0.267. The van der Waals surface area contributed by atoms with Gasteiger partial charge in [-0.1, -0.05) is 12.1 Å². The van der Waals surface area contributed by atoms with E-state index >= 15 is 0 Å². The van der Waals surface area contributed by atoms with Crippen molar-refractivity contribution in [3.63, 3.8) is 0 Å². The van der Waals surface area contributed by atoms with Crippen molar-refractivity contribution in [2.24, 2.45) is 0 Å². The van der Waals surface area contributed by atoms with E-state index in [-0.39, 0.29) is 0 Å². The van der Waals surface area contributed by atoms with E-state index in [1.807, 2.05) is 30.3 Å². The van der Waals surface area contributed by atoms with Gasteiger partial charge in [0.05, 0.1) is 17.3 Å². The van der Waals surface area contributed by atoms with Crippen molar-refractivity contribution in [2.75, 3.05) is 5.88 Å². The molecule has 1 aromatic carbocycles. The standard InChI is InChI=1S/C15H15ClN2O/c16-9-7-15-17-13-5-1-2-6-14(13)18(15)10-8-12-4-3-11-19-12/h1-6,11H,7-10H2. The van der Waals surface area contributed by atoms with E-state index in [4.69, 9.17) is 16.0 Å². The molecule has 0 aliphatic heterocycles. The highest BCUT2D eigenvalue weighted by Crippen LogP contribution is 2.17. The van der Waals surface area contributed by atoms with Crippen LogP contribution in [0.25, 0.3) is 11.0 Å². The number of para-hydroxylation sites is 2. The minimum absolute atomic E-state index is 0.587. The number of halogens is 1. The highest BCUT2D eigenvalue weighted by molar-refractivity contribution is 6.17. The smallest absolute Gasteiger partial charge is 0.111 e. The Kier molecular flexibility index (Phi) is 3.56. The zero-order chi connectivity index (χ0) is 13.1. The number of hydrogen-bond acceptors (Lipinski definition) is 2. The van der Waals surface area contributed by atoms with Crippen LogP contribution < -0.4 is 0 Å². The summed E-state index contributed by atoms with van der Waals surface area (Å²) in [5.41, 5.74) is 2.19. The molecule has 0 radical (unpaired) electrons. The molecule has 0 atom stereocenters. The number of hydrogen-bond donors (Lipinski definition) is 0. The molecule has 3 rings (SSSR count). The van der Waals surface area contributed by atoms with E-state index in [2.05, 4.69) is 15.6 Å². The molecule has 0 fully saturated rings. The van der Waals surface area contributed by atoms with Gasteiger partial charge >= 0.3 is 0 Å². The third-order valence-electron chi connectivity index (χ3n) is 3.21. The first kappa shape index (κ1) is 12.3. The summed E-state index contributed by atoms with van der Waals surface area (Å²) in [6.45, 7) is 0.861. The zero-order valence-corrected chi connectivity index (χ0v) is 11.3. The second-order valence-corrected chi connectivity index (χ2v) is 4.81. The number of nitrogens with zero attached hydrogens (tertiary/aromatic N) is 2. The second-order valence-electron chi connectivity index (χ2n) is 4.44. The number of benzene rings is 1. The van der Waals surface area contributed by atoms with Crippen LogP contribution in [0.4, 0.5) is 0 Å². The van der Waals surface area contributed by atoms with Crippen LogP contribution in [0.5, 0.6) is 0 Å². The molecule has 0 saturated carbocycles. The molecule has 0 aliphatic rings. The number of furan rings is 1. The molecule has 0 amide bonds. The molecule has 0 aliphatic carbocycles. The van der Waals surface area contributed by atoms with Crippen molar-refractivity contribution in [3.8, 4) is 0 Å². The van der Waals surface area contributed by atoms with Gasteiger partial charge in [-0.2, -0.15) is 0 Å². The molecule has 3 aromatic rings. The fourth-order valence-electron chi connectivity index (χ4n) is 2.33. The molecule has 0 N–H and O–H groups in total. The Morgan fingerprint density at radius 1 is 1.11 bits per heavy atom. The molecule has 3 nitrogen and oxygen atoms in total. The maximum Gasteiger partial charge on any atom is 0.111 e. The third-order valence-corrected chi connectivity index (χ3v) is 3.40. The summed E-state index contributed by atoms with van der Waals surface area (Å²) < 4.78 is 7.62. The van der Waals surface area contributed by atoms with Crippen LogP contribution in [0, 0.1) is 0 Å². The molecule has 0 unspecified atom stereocenters. The van der Waals surface area contributed by atoms with Gasteiger partial charge in [0.25, 0.3) is 0 Å². The minimum Gasteiger partial charge on any atom is -0.469 e. The van der Waals surface area contributed by atoms with E-state index in [1.165, 1.54) is 0 Å². The van der Waals surface area contributed by atoms with E-state index in [9.17, 15) is 0 Å². The van der Waals surface area contributed by atoms with Gasteiger partial charge in [-0.25, -0.2) is 4.98 Å². The van der Waals surface area contributed by atoms with Crippen molar-refractivity contribution in [1.82, 2.24) is 9.55 Å². The Bertz CT molecular complexity index is 658. The Labute approximate surface area is 116 Å². The molecular formula is C15H15ClN2O. The maximum absolute atomic E-state index is 5.86. The summed E-state index contributed by atoms with van der Waals surface area (Å²) in [6.07, 6.45) is 3.36. The lowest BCUT2D eigenvalue weighted by Gasteiger charge is -2.07. The normalized spacial score (nSPS) is 11.2. The minimum atomic E-state index is 0.587. The van der Waals surface area contributed by atoms with Crippen LogP contribution in [0.2, 0.25) is 0 Å². The van der Waals surface area contributed by atoms with Crippen LogP contribution in [0.3, 0.4) is 0 Å². The summed E-state index contributed by atoms with van der Waals surface area (Å²) in [5.74, 6) is 2.63. The van der Waals surface area contributed by atoms with Crippen LogP contribution in [0.15, 0.2) is 47.1 Å². The number of aromatic nitrogens is 2. The SMILES string of the molecule is ClCCc1nc2ccccc2n1CCc1ccco1. The summed E-state index contributed by atoms with van der Waals surface area (Å²) in [5, 5.41) is 0. The van der Waals surface area contributed by atoms with Crippen molar-refractivity contribution in [3.05, 3.63) is 54.2 Å². The Morgan fingerprint density at radius 2 is 2.00 bits per heavy atom. The average molecular weight is 275 g/mol. The topological polar surface area (TPSA) is 31.0 Å². The number of aryl methyl sites for hydroxylation is 3. The van der Waals surface area contributed by atoms with Gasteiger partial charge in [0.1, 0.15) is 11.6 Å². The molecule has 4 heteroatoms. The fourth-order valence-corrected chi connectivity index (χ4v) is 2.50. The van der Waals surface area contributed by atoms with E-state index in [0.29, 0.717) is 5.88 Å². The Balaban J connectivity index is 1.92. The lowest BCUT2D eigenvalue weighted by Crippen LogP contribution is -2.06. The predicted octanol–water partition coefficient (Wildman–Crippen LogP) is 3.65. The predicted molar refractivity (Wildman–Crippen MR) is 76.6 cm³/mol. The molecule has 0 bridgehead atoms. The highest BCUT2D eigenvalue weighted by Gasteiger charge is 2.10. The van der Waals surface area contributed by atoms with Gasteiger partial charge < -0.3 is 8.98 Å². The first-order valence-electron chi connectivity index (χ1n) is 6.41. The first-order chi connectivity index (χ1) is 9.38. The zero-order valence-electron chi connectivity index (χ0n) is 10.6. The van der Waals surface area contributed by atoms with Crippen LogP contribution in [0.1, 0.15) is 11.6 Å². The monoisotopic (exact) mass is 274 g/mol. The van der Waals surface area contributed by atoms with Crippen LogP contribution in [-0.4, -0.2) is 15.4 Å². The number of imidazole rings is 1. The first-order valence-corrected chi connectivity index (χ1v) is 6.94. The molecule has 0 saturated heterocycles. The largest absolute Gasteiger partial charge is 0.469 e. The second kappa shape index (κ2) is 5.49. The van der Waals surface area contributed by atoms with Gasteiger partial charge in [0.15, 0.2) is 0 Å². The van der Waals surface area contributed by atoms with E-state index in [0.717, 1.165) is 42.0 Å². The van der Waals surface area contributed by atoms with Crippen LogP contribution >= 0.6 is 11.6 Å². The van der Waals surface area contributed by atoms with Crippen molar-refractivity contribution in [2.45, 2.75) is 19.4 Å². The molecular weight excluding hydrogens is 260 g/mol. The van der Waals surface area contributed by atoms with Crippen LogP contribution in [-0.2, 0) is 19.4 Å². The number of alkyl halides is 1. The van der Waals surface area contributed by atoms with Gasteiger partial charge in [0, 0.05) is 25.3 Å². The summed E-state index contributed by atoms with van der Waals surface area (Å²) in [7, 11) is 0. The van der Waals surface area contributed by atoms with Crippen molar-refractivity contribution in [1.29, 1.82) is 0 Å². The van der Waals surface area contributed by atoms with Gasteiger partial charge in [-0.15, -0.1) is 11.6 Å². The quantitative estimate of drug-likeness (QED) is 0.665. The van der Waals surface area contributed by atoms with Gasteiger partial charge in [0.2, 0.25) is 0 Å². The lowest BCUT2D eigenvalue weighted by molar-refractivity contribution is 0.490. The summed E-state index contributed by atoms with van der Waals surface area (Å²) in [6, 6.07) is 12.1. The van der Waals surface area contributed by atoms with E-state index < -0.39 is 0 Å². The highest BCUT2D eigenvalue weighted by atomic mass is 35.5. The maximum atomic E-state index is 5.86. The molecule has 19 heavy (non-hydrogen) atoms. The summed E-state index contributed by atoms with van der Waals surface area (Å²) >= 11 is 5.86. The third kappa shape index (κ3) is 2.51. The molecule has 2 heterocycles. The Hall–Kier alpha value is -1.74. The lowest BCUT2D eigenvalue weighted by atomic mass is 10.3. The Morgan fingerprint density at radius 3 is 2.79 bits per heavy atom. The molecule has 0 spiro atoms. The van der Waals surface area contributed by atoms with Gasteiger partial charge in [-0.05, 0) is 24.3 Å². The van der Waals surface area contributed by atoms with Crippen molar-refractivity contribution >= 4 is 22.6 Å². The van der Waals surface area contributed by atoms with E-state index in [1.54, 1.807) is 6.26 Å². The average Bonchev–Trinajstić information content (AvgIpc) is 3.04. The number of rotatable bonds is 5.